The third kappa shape index (κ3) is 4.49. The molecule has 152 valence electrons. The largest absolute Gasteiger partial charge is 0.435 e. The molecule has 1 heterocycles. The van der Waals surface area contributed by atoms with Crippen molar-refractivity contribution in [2.24, 2.45) is 0 Å². The molecule has 1 saturated heterocycles. The Hall–Kier alpha value is -2.91. The van der Waals surface area contributed by atoms with Crippen molar-refractivity contribution in [1.82, 2.24) is 15.5 Å². The second kappa shape index (κ2) is 8.41. The van der Waals surface area contributed by atoms with Gasteiger partial charge in [-0.2, -0.15) is 8.78 Å². The Labute approximate surface area is 160 Å². The van der Waals surface area contributed by atoms with E-state index in [9.17, 15) is 23.2 Å². The van der Waals surface area contributed by atoms with Crippen LogP contribution in [0.5, 0.6) is 5.75 Å². The number of nitrogens with zero attached hydrogens (tertiary/aromatic N) is 1. The fourth-order valence-electron chi connectivity index (χ4n) is 3.56. The molecule has 0 unspecified atom stereocenters. The molecule has 3 rings (SSSR count). The van der Waals surface area contributed by atoms with E-state index in [0.717, 1.165) is 12.8 Å². The van der Waals surface area contributed by atoms with Gasteiger partial charge in [-0.15, -0.1) is 0 Å². The summed E-state index contributed by atoms with van der Waals surface area (Å²) >= 11 is 0. The van der Waals surface area contributed by atoms with Gasteiger partial charge in [0, 0.05) is 24.8 Å². The number of hydrogen-bond acceptors (Lipinski definition) is 4. The van der Waals surface area contributed by atoms with E-state index in [4.69, 9.17) is 0 Å². The van der Waals surface area contributed by atoms with Crippen LogP contribution in [0.4, 0.5) is 24.1 Å². The molecule has 1 spiro atoms. The number of carbonyl (C=O) groups excluding carboxylic acids is 3. The van der Waals surface area contributed by atoms with Crippen molar-refractivity contribution in [2.75, 3.05) is 18.4 Å². The van der Waals surface area contributed by atoms with Gasteiger partial charge in [0.25, 0.3) is 5.91 Å². The summed E-state index contributed by atoms with van der Waals surface area (Å²) in [6.07, 6.45) is 3.58. The zero-order chi connectivity index (χ0) is 20.1. The lowest BCUT2D eigenvalue weighted by molar-refractivity contribution is -0.131. The van der Waals surface area contributed by atoms with Crippen molar-refractivity contribution in [3.05, 3.63) is 24.3 Å². The Morgan fingerprint density at radius 1 is 1.29 bits per heavy atom. The molecular weight excluding hydrogens is 374 g/mol. The van der Waals surface area contributed by atoms with E-state index in [1.54, 1.807) is 0 Å². The van der Waals surface area contributed by atoms with Crippen LogP contribution in [0.3, 0.4) is 0 Å². The van der Waals surface area contributed by atoms with Crippen molar-refractivity contribution in [3.63, 3.8) is 0 Å². The molecule has 5 amide bonds. The fraction of sp³-hybridized carbons (Fsp3) is 0.500. The number of halogens is 2. The summed E-state index contributed by atoms with van der Waals surface area (Å²) in [6.45, 7) is -2.49. The molecule has 3 N–H and O–H groups in total. The Kier molecular flexibility index (Phi) is 5.96. The molecule has 0 radical (unpaired) electrons. The third-order valence-electron chi connectivity index (χ3n) is 4.86. The minimum absolute atomic E-state index is 0.0628. The van der Waals surface area contributed by atoms with E-state index in [1.165, 1.54) is 29.2 Å². The van der Waals surface area contributed by atoms with Gasteiger partial charge in [0.15, 0.2) is 0 Å². The standard InChI is InChI=1S/C18H22F2N4O4/c19-15(20)28-13-6-3-5-12(11-13)22-16(26)21-9-4-10-24-14(25)18(23-17(24)27)7-1-2-8-18/h3,5-6,11,15H,1-2,4,7-10H2,(H,23,27)(H2,21,22,26). The molecule has 0 atom stereocenters. The zero-order valence-corrected chi connectivity index (χ0v) is 15.2. The van der Waals surface area contributed by atoms with E-state index < -0.39 is 18.2 Å². The predicted molar refractivity (Wildman–Crippen MR) is 96.2 cm³/mol. The van der Waals surface area contributed by atoms with E-state index in [-0.39, 0.29) is 30.8 Å². The lowest BCUT2D eigenvalue weighted by Crippen LogP contribution is -2.44. The molecule has 2 aliphatic rings. The first-order valence-corrected chi connectivity index (χ1v) is 9.13. The zero-order valence-electron chi connectivity index (χ0n) is 15.2. The van der Waals surface area contributed by atoms with Crippen LogP contribution in [0.25, 0.3) is 0 Å². The lowest BCUT2D eigenvalue weighted by Gasteiger charge is -2.20. The highest BCUT2D eigenvalue weighted by atomic mass is 19.3. The van der Waals surface area contributed by atoms with Gasteiger partial charge in [-0.1, -0.05) is 18.9 Å². The van der Waals surface area contributed by atoms with Gasteiger partial charge in [0.1, 0.15) is 11.3 Å². The molecule has 1 aliphatic heterocycles. The number of hydrogen-bond donors (Lipinski definition) is 3. The van der Waals surface area contributed by atoms with Gasteiger partial charge in [0.05, 0.1) is 0 Å². The summed E-state index contributed by atoms with van der Waals surface area (Å²) in [7, 11) is 0. The van der Waals surface area contributed by atoms with Crippen LogP contribution < -0.4 is 20.7 Å². The maximum Gasteiger partial charge on any atom is 0.387 e. The number of nitrogens with one attached hydrogen (secondary N) is 3. The number of rotatable bonds is 7. The monoisotopic (exact) mass is 396 g/mol. The average molecular weight is 396 g/mol. The quantitative estimate of drug-likeness (QED) is 0.487. The highest BCUT2D eigenvalue weighted by Crippen LogP contribution is 2.34. The molecule has 1 aromatic carbocycles. The van der Waals surface area contributed by atoms with Crippen molar-refractivity contribution < 1.29 is 27.9 Å². The number of imide groups is 1. The summed E-state index contributed by atoms with van der Waals surface area (Å²) in [6, 6.07) is 4.73. The van der Waals surface area contributed by atoms with E-state index in [1.807, 2.05) is 0 Å². The molecule has 1 aliphatic carbocycles. The normalized spacial score (nSPS) is 17.9. The third-order valence-corrected chi connectivity index (χ3v) is 4.86. The number of alkyl halides is 2. The molecule has 1 aromatic rings. The Bertz CT molecular complexity index is 753. The van der Waals surface area contributed by atoms with E-state index in [0.29, 0.717) is 24.9 Å². The summed E-state index contributed by atoms with van der Waals surface area (Å²) in [4.78, 5) is 37.7. The van der Waals surface area contributed by atoms with Gasteiger partial charge >= 0.3 is 18.7 Å². The highest BCUT2D eigenvalue weighted by molar-refractivity contribution is 6.07. The Morgan fingerprint density at radius 2 is 2.04 bits per heavy atom. The van der Waals surface area contributed by atoms with Gasteiger partial charge in [-0.3, -0.25) is 9.69 Å². The van der Waals surface area contributed by atoms with Crippen molar-refractivity contribution in [3.8, 4) is 5.75 Å². The van der Waals surface area contributed by atoms with Crippen LogP contribution in [0.15, 0.2) is 24.3 Å². The number of anilines is 1. The second-order valence-corrected chi connectivity index (χ2v) is 6.82. The summed E-state index contributed by atoms with van der Waals surface area (Å²) in [5, 5.41) is 7.91. The van der Waals surface area contributed by atoms with Crippen LogP contribution in [-0.4, -0.2) is 48.1 Å². The number of urea groups is 2. The highest BCUT2D eigenvalue weighted by Gasteiger charge is 2.51. The summed E-state index contributed by atoms with van der Waals surface area (Å²) in [5.41, 5.74) is -0.430. The first-order valence-electron chi connectivity index (χ1n) is 9.13. The summed E-state index contributed by atoms with van der Waals surface area (Å²) in [5.74, 6) is -0.248. The van der Waals surface area contributed by atoms with E-state index >= 15 is 0 Å². The van der Waals surface area contributed by atoms with Crippen LogP contribution in [0.1, 0.15) is 32.1 Å². The SMILES string of the molecule is O=C(NCCCN1C(=O)NC2(CCCC2)C1=O)Nc1cccc(OC(F)F)c1. The second-order valence-electron chi connectivity index (χ2n) is 6.82. The average Bonchev–Trinajstić information content (AvgIpc) is 3.18. The molecule has 28 heavy (non-hydrogen) atoms. The maximum absolute atomic E-state index is 12.5. The first-order chi connectivity index (χ1) is 13.4. The van der Waals surface area contributed by atoms with Crippen molar-refractivity contribution in [1.29, 1.82) is 0 Å². The predicted octanol–water partition coefficient (Wildman–Crippen LogP) is 2.66. The summed E-state index contributed by atoms with van der Waals surface area (Å²) < 4.78 is 28.7. The molecule has 0 bridgehead atoms. The molecule has 1 saturated carbocycles. The molecule has 0 aromatic heterocycles. The topological polar surface area (TPSA) is 99.8 Å². The van der Waals surface area contributed by atoms with Crippen LogP contribution in [0.2, 0.25) is 0 Å². The number of ether oxygens (including phenoxy) is 1. The maximum atomic E-state index is 12.5. The van der Waals surface area contributed by atoms with Crippen LogP contribution >= 0.6 is 0 Å². The van der Waals surface area contributed by atoms with E-state index in [2.05, 4.69) is 20.7 Å². The molecular formula is C18H22F2N4O4. The number of amides is 5. The van der Waals surface area contributed by atoms with Crippen LogP contribution in [0, 0.1) is 0 Å². The minimum Gasteiger partial charge on any atom is -0.435 e. The van der Waals surface area contributed by atoms with Crippen molar-refractivity contribution >= 4 is 23.7 Å². The van der Waals surface area contributed by atoms with Gasteiger partial charge in [-0.25, -0.2) is 9.59 Å². The Balaban J connectivity index is 1.41. The number of carbonyl (C=O) groups is 3. The van der Waals surface area contributed by atoms with Crippen LogP contribution in [-0.2, 0) is 4.79 Å². The fourth-order valence-corrected chi connectivity index (χ4v) is 3.56. The van der Waals surface area contributed by atoms with Crippen molar-refractivity contribution in [2.45, 2.75) is 44.3 Å². The number of benzene rings is 1. The van der Waals surface area contributed by atoms with Gasteiger partial charge in [0.2, 0.25) is 0 Å². The minimum atomic E-state index is -2.95. The molecule has 8 nitrogen and oxygen atoms in total. The Morgan fingerprint density at radius 3 is 2.75 bits per heavy atom. The molecule has 2 fully saturated rings. The first kappa shape index (κ1) is 19.8. The lowest BCUT2D eigenvalue weighted by atomic mass is 9.98. The van der Waals surface area contributed by atoms with Gasteiger partial charge < -0.3 is 20.7 Å². The molecule has 10 heteroatoms. The van der Waals surface area contributed by atoms with Gasteiger partial charge in [-0.05, 0) is 31.4 Å². The smallest absolute Gasteiger partial charge is 0.387 e.